The first-order chi connectivity index (χ1) is 10.6. The number of carbonyl (C=O) groups is 1. The van der Waals surface area contributed by atoms with Crippen LogP contribution < -0.4 is 10.1 Å². The van der Waals surface area contributed by atoms with E-state index in [0.29, 0.717) is 5.75 Å². The number of aryl methyl sites for hydroxylation is 1. The van der Waals surface area contributed by atoms with Crippen LogP contribution in [-0.4, -0.2) is 18.1 Å². The first kappa shape index (κ1) is 16.1. The van der Waals surface area contributed by atoms with Gasteiger partial charge in [-0.05, 0) is 44.4 Å². The number of hydrogen-bond donors (Lipinski definition) is 1. The van der Waals surface area contributed by atoms with Gasteiger partial charge in [0.05, 0.1) is 0 Å². The van der Waals surface area contributed by atoms with E-state index in [9.17, 15) is 4.79 Å². The fraction of sp³-hybridized carbons (Fsp3) is 0.316. The van der Waals surface area contributed by atoms with Crippen molar-refractivity contribution in [1.29, 1.82) is 0 Å². The fourth-order valence-corrected chi connectivity index (χ4v) is 2.22. The maximum atomic E-state index is 12.1. The van der Waals surface area contributed by atoms with Gasteiger partial charge in [-0.3, -0.25) is 4.79 Å². The normalized spacial score (nSPS) is 13.2. The lowest BCUT2D eigenvalue weighted by atomic mass is 10.1. The van der Waals surface area contributed by atoms with E-state index in [2.05, 4.69) is 17.4 Å². The van der Waals surface area contributed by atoms with Crippen LogP contribution in [0.15, 0.2) is 60.7 Å². The standard InChI is InChI=1S/C19H23NO2/c1-15(13-14-17-9-5-3-6-10-17)20-19(21)16(2)22-18-11-7-4-8-12-18/h3-12,15-16H,13-14H2,1-2H3,(H,20,21)/t15-,16+/m1/s1. The first-order valence-corrected chi connectivity index (χ1v) is 7.71. The molecule has 0 bridgehead atoms. The maximum Gasteiger partial charge on any atom is 0.260 e. The third kappa shape index (κ3) is 5.24. The van der Waals surface area contributed by atoms with Crippen LogP contribution in [0.3, 0.4) is 0 Å². The van der Waals surface area contributed by atoms with Gasteiger partial charge in [-0.25, -0.2) is 0 Å². The number of ether oxygens (including phenoxy) is 1. The quantitative estimate of drug-likeness (QED) is 0.848. The average Bonchev–Trinajstić information content (AvgIpc) is 2.55. The molecule has 0 saturated heterocycles. The van der Waals surface area contributed by atoms with Crippen molar-refractivity contribution >= 4 is 5.91 Å². The summed E-state index contributed by atoms with van der Waals surface area (Å²) in [4.78, 5) is 12.1. The molecule has 3 heteroatoms. The Bertz CT molecular complexity index is 569. The van der Waals surface area contributed by atoms with Gasteiger partial charge in [-0.15, -0.1) is 0 Å². The van der Waals surface area contributed by atoms with E-state index in [4.69, 9.17) is 4.74 Å². The molecule has 0 radical (unpaired) electrons. The number of hydrogen-bond acceptors (Lipinski definition) is 2. The van der Waals surface area contributed by atoms with Gasteiger partial charge in [0.1, 0.15) is 5.75 Å². The molecule has 0 heterocycles. The van der Waals surface area contributed by atoms with Gasteiger partial charge in [-0.2, -0.15) is 0 Å². The van der Waals surface area contributed by atoms with Crippen LogP contribution in [-0.2, 0) is 11.2 Å². The molecule has 2 atom stereocenters. The minimum absolute atomic E-state index is 0.0792. The molecular weight excluding hydrogens is 274 g/mol. The summed E-state index contributed by atoms with van der Waals surface area (Å²) in [6, 6.07) is 19.8. The second-order valence-corrected chi connectivity index (χ2v) is 5.51. The summed E-state index contributed by atoms with van der Waals surface area (Å²) < 4.78 is 5.63. The molecule has 116 valence electrons. The highest BCUT2D eigenvalue weighted by atomic mass is 16.5. The first-order valence-electron chi connectivity index (χ1n) is 7.71. The summed E-state index contributed by atoms with van der Waals surface area (Å²) in [5.41, 5.74) is 1.29. The Balaban J connectivity index is 1.75. The topological polar surface area (TPSA) is 38.3 Å². The van der Waals surface area contributed by atoms with Crippen LogP contribution in [0.25, 0.3) is 0 Å². The van der Waals surface area contributed by atoms with Gasteiger partial charge in [-0.1, -0.05) is 48.5 Å². The van der Waals surface area contributed by atoms with Gasteiger partial charge >= 0.3 is 0 Å². The summed E-state index contributed by atoms with van der Waals surface area (Å²) >= 11 is 0. The maximum absolute atomic E-state index is 12.1. The Morgan fingerprint density at radius 1 is 1.00 bits per heavy atom. The van der Waals surface area contributed by atoms with Crippen molar-refractivity contribution in [1.82, 2.24) is 5.32 Å². The van der Waals surface area contributed by atoms with Crippen LogP contribution in [0, 0.1) is 0 Å². The molecule has 2 rings (SSSR count). The number of amides is 1. The van der Waals surface area contributed by atoms with Crippen molar-refractivity contribution < 1.29 is 9.53 Å². The molecule has 0 spiro atoms. The highest BCUT2D eigenvalue weighted by Gasteiger charge is 2.16. The Morgan fingerprint density at radius 3 is 2.23 bits per heavy atom. The molecular formula is C19H23NO2. The van der Waals surface area contributed by atoms with Crippen LogP contribution >= 0.6 is 0 Å². The van der Waals surface area contributed by atoms with E-state index in [-0.39, 0.29) is 11.9 Å². The molecule has 0 aliphatic carbocycles. The minimum atomic E-state index is -0.499. The Hall–Kier alpha value is -2.29. The van der Waals surface area contributed by atoms with E-state index in [0.717, 1.165) is 12.8 Å². The molecule has 0 aliphatic heterocycles. The third-order valence-electron chi connectivity index (χ3n) is 3.52. The smallest absolute Gasteiger partial charge is 0.260 e. The molecule has 0 fully saturated rings. The van der Waals surface area contributed by atoms with E-state index in [1.54, 1.807) is 6.92 Å². The lowest BCUT2D eigenvalue weighted by Crippen LogP contribution is -2.41. The van der Waals surface area contributed by atoms with Crippen molar-refractivity contribution in [3.05, 3.63) is 66.2 Å². The van der Waals surface area contributed by atoms with Gasteiger partial charge in [0.25, 0.3) is 5.91 Å². The Morgan fingerprint density at radius 2 is 1.59 bits per heavy atom. The van der Waals surface area contributed by atoms with Gasteiger partial charge < -0.3 is 10.1 Å². The van der Waals surface area contributed by atoms with Gasteiger partial charge in [0.15, 0.2) is 6.10 Å². The van der Waals surface area contributed by atoms with Crippen molar-refractivity contribution in [2.24, 2.45) is 0 Å². The largest absolute Gasteiger partial charge is 0.481 e. The Kier molecular flexibility index (Phi) is 6.01. The van der Waals surface area contributed by atoms with Crippen molar-refractivity contribution in [3.8, 4) is 5.75 Å². The van der Waals surface area contributed by atoms with Crippen molar-refractivity contribution in [2.75, 3.05) is 0 Å². The van der Waals surface area contributed by atoms with Gasteiger partial charge in [0.2, 0.25) is 0 Å². The van der Waals surface area contributed by atoms with E-state index in [1.807, 2.05) is 55.5 Å². The number of rotatable bonds is 7. The molecule has 0 saturated carbocycles. The number of benzene rings is 2. The molecule has 2 aromatic rings. The zero-order valence-corrected chi connectivity index (χ0v) is 13.2. The molecule has 0 aliphatic rings. The summed E-state index contributed by atoms with van der Waals surface area (Å²) in [5, 5.41) is 3.01. The van der Waals surface area contributed by atoms with Crippen LogP contribution in [0.4, 0.5) is 0 Å². The zero-order valence-electron chi connectivity index (χ0n) is 13.2. The summed E-state index contributed by atoms with van der Waals surface area (Å²) in [6.45, 7) is 3.79. The predicted molar refractivity (Wildman–Crippen MR) is 88.9 cm³/mol. The summed E-state index contributed by atoms with van der Waals surface area (Å²) in [5.74, 6) is 0.631. The number of nitrogens with one attached hydrogen (secondary N) is 1. The average molecular weight is 297 g/mol. The zero-order chi connectivity index (χ0) is 15.8. The second kappa shape index (κ2) is 8.23. The van der Waals surface area contributed by atoms with Gasteiger partial charge in [0, 0.05) is 6.04 Å². The molecule has 3 nitrogen and oxygen atoms in total. The highest BCUT2D eigenvalue weighted by molar-refractivity contribution is 5.80. The molecule has 2 aromatic carbocycles. The predicted octanol–water partition coefficient (Wildman–Crippen LogP) is 3.59. The van der Waals surface area contributed by atoms with Crippen LogP contribution in [0.2, 0.25) is 0 Å². The van der Waals surface area contributed by atoms with E-state index < -0.39 is 6.10 Å². The van der Waals surface area contributed by atoms with E-state index in [1.165, 1.54) is 5.56 Å². The highest BCUT2D eigenvalue weighted by Crippen LogP contribution is 2.11. The molecule has 0 aromatic heterocycles. The summed E-state index contributed by atoms with van der Waals surface area (Å²) in [7, 11) is 0. The SMILES string of the molecule is C[C@H](CCc1ccccc1)NC(=O)[C@H](C)Oc1ccccc1. The number of carbonyl (C=O) groups excluding carboxylic acids is 1. The van der Waals surface area contributed by atoms with Crippen molar-refractivity contribution in [3.63, 3.8) is 0 Å². The number of para-hydroxylation sites is 1. The summed E-state index contributed by atoms with van der Waals surface area (Å²) in [6.07, 6.45) is 1.37. The lowest BCUT2D eigenvalue weighted by molar-refractivity contribution is -0.127. The molecule has 22 heavy (non-hydrogen) atoms. The Labute approximate surface area is 132 Å². The second-order valence-electron chi connectivity index (χ2n) is 5.51. The lowest BCUT2D eigenvalue weighted by Gasteiger charge is -2.18. The molecule has 1 N–H and O–H groups in total. The van der Waals surface area contributed by atoms with Crippen LogP contribution in [0.1, 0.15) is 25.8 Å². The van der Waals surface area contributed by atoms with Crippen LogP contribution in [0.5, 0.6) is 5.75 Å². The third-order valence-corrected chi connectivity index (χ3v) is 3.52. The molecule has 0 unspecified atom stereocenters. The minimum Gasteiger partial charge on any atom is -0.481 e. The monoisotopic (exact) mass is 297 g/mol. The molecule has 1 amide bonds. The fourth-order valence-electron chi connectivity index (χ4n) is 2.22. The van der Waals surface area contributed by atoms with E-state index >= 15 is 0 Å². The van der Waals surface area contributed by atoms with Crippen molar-refractivity contribution in [2.45, 2.75) is 38.8 Å².